The fourth-order valence-corrected chi connectivity index (χ4v) is 4.76. The molecule has 1 heterocycles. The van der Waals surface area contributed by atoms with Crippen LogP contribution in [-0.4, -0.2) is 55.3 Å². The van der Waals surface area contributed by atoms with Gasteiger partial charge in [0.25, 0.3) is 0 Å². The van der Waals surface area contributed by atoms with Gasteiger partial charge < -0.3 is 15.7 Å². The minimum atomic E-state index is -3.35. The number of benzene rings is 2. The first-order valence-corrected chi connectivity index (χ1v) is 12.3. The minimum absolute atomic E-state index is 0.353. The summed E-state index contributed by atoms with van der Waals surface area (Å²) in [6.45, 7) is 2.73. The number of hydrogen-bond acceptors (Lipinski definition) is 4. The number of carbonyl (C=O) groups is 2. The van der Waals surface area contributed by atoms with Crippen molar-refractivity contribution in [3.8, 4) is 0 Å². The number of sulfonamides is 1. The molecule has 3 rings (SSSR count). The Labute approximate surface area is 189 Å². The fraction of sp³-hybridized carbons (Fsp3) is 0.391. The van der Waals surface area contributed by atoms with Gasteiger partial charge in [-0.05, 0) is 50.3 Å². The molecule has 2 aromatic rings. The maximum atomic E-state index is 11.7. The van der Waals surface area contributed by atoms with Crippen molar-refractivity contribution in [1.82, 2.24) is 9.62 Å². The monoisotopic (exact) mass is 461 g/mol. The number of aryl methyl sites for hydroxylation is 2. The average molecular weight is 462 g/mol. The number of nitrogens with two attached hydrogens (primary N) is 1. The highest BCUT2D eigenvalue weighted by atomic mass is 32.2. The standard InChI is InChI=1S/C16H24N2O4S.C7H7NO/c1-13-3-5-14(6-4-13)7-8-16(17-23(2,21)22)9-11-18(12-10-16)15(19)20;8-7(9)6-4-2-1-3-5-6/h3-6,17H,7-12H2,1-2H3,(H,19,20);1-5H,(H2,8,9). The van der Waals surface area contributed by atoms with E-state index in [0.29, 0.717) is 37.9 Å². The molecule has 0 aliphatic carbocycles. The third-order valence-corrected chi connectivity index (χ3v) is 6.27. The molecule has 8 nitrogen and oxygen atoms in total. The van der Waals surface area contributed by atoms with Crippen molar-refractivity contribution in [2.24, 2.45) is 5.73 Å². The van der Waals surface area contributed by atoms with Crippen molar-refractivity contribution in [3.05, 3.63) is 71.3 Å². The zero-order valence-electron chi connectivity index (χ0n) is 18.5. The van der Waals surface area contributed by atoms with Crippen molar-refractivity contribution in [2.45, 2.75) is 38.1 Å². The van der Waals surface area contributed by atoms with Crippen LogP contribution in [0, 0.1) is 6.92 Å². The summed E-state index contributed by atoms with van der Waals surface area (Å²) in [6, 6.07) is 16.9. The first-order chi connectivity index (χ1) is 15.0. The Bertz CT molecular complexity index is 1000. The summed E-state index contributed by atoms with van der Waals surface area (Å²) >= 11 is 0. The molecule has 1 aliphatic heterocycles. The Morgan fingerprint density at radius 3 is 2.06 bits per heavy atom. The van der Waals surface area contributed by atoms with Crippen molar-refractivity contribution in [3.63, 3.8) is 0 Å². The fourth-order valence-electron chi connectivity index (χ4n) is 3.66. The Kier molecular flexibility index (Phi) is 8.80. The summed E-state index contributed by atoms with van der Waals surface area (Å²) in [6.07, 6.45) is 2.63. The van der Waals surface area contributed by atoms with E-state index in [2.05, 4.69) is 16.9 Å². The summed E-state index contributed by atoms with van der Waals surface area (Å²) in [5.41, 5.74) is 7.31. The first kappa shape index (κ1) is 25.4. The van der Waals surface area contributed by atoms with Gasteiger partial charge in [-0.2, -0.15) is 0 Å². The first-order valence-electron chi connectivity index (χ1n) is 10.4. The highest BCUT2D eigenvalue weighted by Crippen LogP contribution is 2.28. The largest absolute Gasteiger partial charge is 0.465 e. The maximum absolute atomic E-state index is 11.7. The molecule has 1 fully saturated rings. The second kappa shape index (κ2) is 11.1. The van der Waals surface area contributed by atoms with E-state index >= 15 is 0 Å². The molecule has 0 saturated carbocycles. The normalized spacial score (nSPS) is 15.4. The SMILES string of the molecule is Cc1ccc(CCC2(NS(C)(=O)=O)CCN(C(=O)O)CC2)cc1.NC(=O)c1ccccc1. The molecule has 4 N–H and O–H groups in total. The predicted octanol–water partition coefficient (Wildman–Crippen LogP) is 2.77. The van der Waals surface area contributed by atoms with E-state index in [-0.39, 0.29) is 5.91 Å². The molecule has 0 unspecified atom stereocenters. The van der Waals surface area contributed by atoms with Crippen molar-refractivity contribution >= 4 is 22.0 Å². The highest BCUT2D eigenvalue weighted by Gasteiger charge is 2.37. The summed E-state index contributed by atoms with van der Waals surface area (Å²) in [4.78, 5) is 22.8. The zero-order chi connectivity index (χ0) is 23.8. The van der Waals surface area contributed by atoms with Crippen LogP contribution in [0.3, 0.4) is 0 Å². The smallest absolute Gasteiger partial charge is 0.407 e. The Balaban J connectivity index is 0.000000336. The average Bonchev–Trinajstić information content (AvgIpc) is 2.74. The molecule has 1 saturated heterocycles. The van der Waals surface area contributed by atoms with Gasteiger partial charge >= 0.3 is 6.09 Å². The number of hydrogen-bond donors (Lipinski definition) is 3. The summed E-state index contributed by atoms with van der Waals surface area (Å²) in [5, 5.41) is 9.06. The van der Waals surface area contributed by atoms with Crippen molar-refractivity contribution in [1.29, 1.82) is 0 Å². The third-order valence-electron chi connectivity index (χ3n) is 5.46. The summed E-state index contributed by atoms with van der Waals surface area (Å²) in [5.74, 6) is -0.379. The number of amides is 2. The van der Waals surface area contributed by atoms with Gasteiger partial charge in [-0.15, -0.1) is 0 Å². The van der Waals surface area contributed by atoms with Gasteiger partial charge in [-0.1, -0.05) is 48.0 Å². The molecule has 2 amide bonds. The maximum Gasteiger partial charge on any atom is 0.407 e. The van der Waals surface area contributed by atoms with Crippen molar-refractivity contribution < 1.29 is 23.1 Å². The van der Waals surface area contributed by atoms with Crippen molar-refractivity contribution in [2.75, 3.05) is 19.3 Å². The van der Waals surface area contributed by atoms with Gasteiger partial charge in [0.2, 0.25) is 15.9 Å². The number of carboxylic acid groups (broad SMARTS) is 1. The van der Waals surface area contributed by atoms with Crippen LogP contribution in [0.5, 0.6) is 0 Å². The summed E-state index contributed by atoms with van der Waals surface area (Å²) in [7, 11) is -3.35. The van der Waals surface area contributed by atoms with Gasteiger partial charge in [-0.25, -0.2) is 17.9 Å². The summed E-state index contributed by atoms with van der Waals surface area (Å²) < 4.78 is 26.2. The number of piperidine rings is 1. The van der Waals surface area contributed by atoms with Crippen LogP contribution in [0.25, 0.3) is 0 Å². The topological polar surface area (TPSA) is 130 Å². The molecule has 0 aromatic heterocycles. The predicted molar refractivity (Wildman–Crippen MR) is 124 cm³/mol. The molecule has 32 heavy (non-hydrogen) atoms. The molecule has 0 radical (unpaired) electrons. The quantitative estimate of drug-likeness (QED) is 0.609. The zero-order valence-corrected chi connectivity index (χ0v) is 19.3. The minimum Gasteiger partial charge on any atom is -0.465 e. The van der Waals surface area contributed by atoms with Crippen LogP contribution >= 0.6 is 0 Å². The van der Waals surface area contributed by atoms with Gasteiger partial charge in [0, 0.05) is 24.2 Å². The van der Waals surface area contributed by atoms with Gasteiger partial charge in [0.15, 0.2) is 0 Å². The third kappa shape index (κ3) is 8.32. The number of likely N-dealkylation sites (tertiary alicyclic amines) is 1. The Morgan fingerprint density at radius 2 is 1.62 bits per heavy atom. The highest BCUT2D eigenvalue weighted by molar-refractivity contribution is 7.88. The lowest BCUT2D eigenvalue weighted by Gasteiger charge is -2.41. The van der Waals surface area contributed by atoms with Gasteiger partial charge in [0.05, 0.1) is 6.26 Å². The van der Waals surface area contributed by atoms with E-state index < -0.39 is 21.7 Å². The molecule has 2 aromatic carbocycles. The Morgan fingerprint density at radius 1 is 1.06 bits per heavy atom. The second-order valence-corrected chi connectivity index (χ2v) is 9.89. The van der Waals surface area contributed by atoms with Gasteiger partial charge in [0.1, 0.15) is 0 Å². The lowest BCUT2D eigenvalue weighted by molar-refractivity contribution is 0.0999. The van der Waals surface area contributed by atoms with E-state index in [1.807, 2.05) is 25.1 Å². The molecule has 9 heteroatoms. The number of nitrogens with one attached hydrogen (secondary N) is 1. The van der Waals surface area contributed by atoms with E-state index in [0.717, 1.165) is 18.2 Å². The lowest BCUT2D eigenvalue weighted by atomic mass is 9.83. The molecular weight excluding hydrogens is 430 g/mol. The van der Waals surface area contributed by atoms with Crippen LogP contribution in [-0.2, 0) is 16.4 Å². The molecule has 174 valence electrons. The molecule has 1 aliphatic rings. The second-order valence-electron chi connectivity index (χ2n) is 8.14. The Hall–Kier alpha value is -2.91. The van der Waals surface area contributed by atoms with Crippen LogP contribution < -0.4 is 10.5 Å². The number of carbonyl (C=O) groups excluding carboxylic acids is 1. The molecule has 0 bridgehead atoms. The van der Waals surface area contributed by atoms with E-state index in [1.54, 1.807) is 24.3 Å². The van der Waals surface area contributed by atoms with Crippen LogP contribution in [0.4, 0.5) is 4.79 Å². The molecule has 0 spiro atoms. The van der Waals surface area contributed by atoms with Crippen LogP contribution in [0.1, 0.15) is 40.7 Å². The van der Waals surface area contributed by atoms with Gasteiger partial charge in [-0.3, -0.25) is 4.79 Å². The molecular formula is C23H31N3O5S. The van der Waals surface area contributed by atoms with E-state index in [4.69, 9.17) is 10.8 Å². The number of rotatable bonds is 6. The number of primary amides is 1. The molecule has 0 atom stereocenters. The number of nitrogens with zero attached hydrogens (tertiary/aromatic N) is 1. The van der Waals surface area contributed by atoms with E-state index in [9.17, 15) is 18.0 Å². The van der Waals surface area contributed by atoms with Crippen LogP contribution in [0.15, 0.2) is 54.6 Å². The van der Waals surface area contributed by atoms with Crippen LogP contribution in [0.2, 0.25) is 0 Å². The van der Waals surface area contributed by atoms with E-state index in [1.165, 1.54) is 10.5 Å². The lowest BCUT2D eigenvalue weighted by Crippen LogP contribution is -2.56.